The maximum atomic E-state index is 9.45. The molecule has 0 aliphatic carbocycles. The standard InChI is InChI=1S/2C3H6O3.Ca.Na.3H/c2*1-2(4)3(5)6;;;;;/h2*2,4H,1H3,(H,5,6);;;;;/q;;+2;+1;3*-1. The van der Waals surface area contributed by atoms with Crippen molar-refractivity contribution in [3.63, 3.8) is 0 Å². The number of aliphatic hydroxyl groups is 2. The van der Waals surface area contributed by atoms with Crippen molar-refractivity contribution in [1.29, 1.82) is 0 Å². The summed E-state index contributed by atoms with van der Waals surface area (Å²) >= 11 is 0. The van der Waals surface area contributed by atoms with Crippen molar-refractivity contribution in [3.05, 3.63) is 0 Å². The van der Waals surface area contributed by atoms with Crippen molar-refractivity contribution >= 4 is 49.7 Å². The van der Waals surface area contributed by atoms with Gasteiger partial charge in [0.1, 0.15) is 12.2 Å². The summed E-state index contributed by atoms with van der Waals surface area (Å²) in [7, 11) is 0. The first-order valence-electron chi connectivity index (χ1n) is 3.10. The Kier molecular flexibility index (Phi) is 24.6. The van der Waals surface area contributed by atoms with Gasteiger partial charge in [0.15, 0.2) is 0 Å². The number of rotatable bonds is 2. The van der Waals surface area contributed by atoms with Gasteiger partial charge in [0.05, 0.1) is 0 Å². The normalized spacial score (nSPS) is 11.7. The fraction of sp³-hybridized carbons (Fsp3) is 0.667. The Balaban J connectivity index is -0.0000000182. The van der Waals surface area contributed by atoms with Gasteiger partial charge in [-0.05, 0) is 13.8 Å². The molecule has 78 valence electrons. The van der Waals surface area contributed by atoms with E-state index in [4.69, 9.17) is 20.4 Å². The summed E-state index contributed by atoms with van der Waals surface area (Å²) in [5.41, 5.74) is 0. The van der Waals surface area contributed by atoms with Crippen LogP contribution in [0.25, 0.3) is 0 Å². The van der Waals surface area contributed by atoms with Crippen molar-refractivity contribution in [3.8, 4) is 0 Å². The van der Waals surface area contributed by atoms with Gasteiger partial charge < -0.3 is 24.7 Å². The second-order valence-electron chi connectivity index (χ2n) is 2.03. The summed E-state index contributed by atoms with van der Waals surface area (Å²) in [6.07, 6.45) is -2.46. The molecule has 0 heterocycles. The van der Waals surface area contributed by atoms with Crippen LogP contribution in [0.3, 0.4) is 0 Å². The Morgan fingerprint density at radius 3 is 1.07 bits per heavy atom. The second kappa shape index (κ2) is 14.1. The van der Waals surface area contributed by atoms with Gasteiger partial charge in [-0.2, -0.15) is 0 Å². The predicted molar refractivity (Wildman–Crippen MR) is 47.7 cm³/mol. The molecule has 0 aromatic heterocycles. The van der Waals surface area contributed by atoms with Gasteiger partial charge in [-0.3, -0.25) is 0 Å². The molecule has 6 nitrogen and oxygen atoms in total. The maximum absolute atomic E-state index is 9.45. The minimum atomic E-state index is -1.23. The summed E-state index contributed by atoms with van der Waals surface area (Å²) in [5, 5.41) is 31.5. The molecule has 0 aromatic rings. The molecule has 0 amide bonds. The molecule has 0 rings (SSSR count). The van der Waals surface area contributed by atoms with E-state index in [2.05, 4.69) is 0 Å². The number of hydrogen-bond acceptors (Lipinski definition) is 4. The Hall–Kier alpha value is 1.12. The smallest absolute Gasteiger partial charge is 1.00 e. The number of aliphatic hydroxyl groups excluding tert-OH is 2. The zero-order chi connectivity index (χ0) is 10.3. The molecule has 0 saturated carbocycles. The van der Waals surface area contributed by atoms with E-state index < -0.39 is 24.1 Å². The number of carboxylic acid groups (broad SMARTS) is 2. The Morgan fingerprint density at radius 2 is 1.07 bits per heavy atom. The number of carboxylic acids is 2. The van der Waals surface area contributed by atoms with Crippen LogP contribution in [0.15, 0.2) is 0 Å². The van der Waals surface area contributed by atoms with Gasteiger partial charge in [0.25, 0.3) is 0 Å². The van der Waals surface area contributed by atoms with Gasteiger partial charge >= 0.3 is 79.2 Å². The first-order valence-corrected chi connectivity index (χ1v) is 3.10. The van der Waals surface area contributed by atoms with Crippen molar-refractivity contribution in [2.75, 3.05) is 0 Å². The molecule has 14 heavy (non-hydrogen) atoms. The molecule has 0 saturated heterocycles. The Labute approximate surface area is 138 Å². The number of aliphatic carboxylic acids is 2. The minimum absolute atomic E-state index is 0. The van der Waals surface area contributed by atoms with Crippen LogP contribution in [0.5, 0.6) is 0 Å². The van der Waals surface area contributed by atoms with Gasteiger partial charge in [-0.1, -0.05) is 0 Å². The van der Waals surface area contributed by atoms with Gasteiger partial charge in [-0.15, -0.1) is 0 Å². The van der Waals surface area contributed by atoms with E-state index in [-0.39, 0.29) is 71.6 Å². The van der Waals surface area contributed by atoms with Crippen LogP contribution in [0, 0.1) is 0 Å². The second-order valence-corrected chi connectivity index (χ2v) is 2.03. The zero-order valence-corrected chi connectivity index (χ0v) is 12.7. The van der Waals surface area contributed by atoms with E-state index in [1.807, 2.05) is 0 Å². The molecular weight excluding hydrogens is 231 g/mol. The largest absolute Gasteiger partial charge is 2.00 e. The molecule has 0 bridgehead atoms. The molecular formula is C6H15CaNaO6. The van der Waals surface area contributed by atoms with Crippen LogP contribution >= 0.6 is 0 Å². The molecule has 0 aromatic carbocycles. The SMILES string of the molecule is CC(O)C(=O)O.CC(O)C(=O)O.[Ca+2].[H-].[H-].[H-].[Na+]. The third-order valence-corrected chi connectivity index (χ3v) is 0.715. The van der Waals surface area contributed by atoms with Crippen LogP contribution < -0.4 is 29.6 Å². The third kappa shape index (κ3) is 23.2. The van der Waals surface area contributed by atoms with E-state index in [0.717, 1.165) is 0 Å². The van der Waals surface area contributed by atoms with E-state index >= 15 is 0 Å². The molecule has 0 aliphatic heterocycles. The summed E-state index contributed by atoms with van der Waals surface area (Å²) in [4.78, 5) is 18.9. The van der Waals surface area contributed by atoms with Gasteiger partial charge in [0.2, 0.25) is 0 Å². The average Bonchev–Trinajstić information content (AvgIpc) is 1.88. The molecule has 2 atom stereocenters. The minimum Gasteiger partial charge on any atom is -1.00 e. The maximum Gasteiger partial charge on any atom is 2.00 e. The van der Waals surface area contributed by atoms with E-state index in [1.165, 1.54) is 13.8 Å². The van der Waals surface area contributed by atoms with Crippen molar-refractivity contribution in [1.82, 2.24) is 0 Å². The van der Waals surface area contributed by atoms with Crippen molar-refractivity contribution in [2.45, 2.75) is 26.1 Å². The van der Waals surface area contributed by atoms with E-state index in [1.54, 1.807) is 0 Å². The first kappa shape index (κ1) is 24.4. The van der Waals surface area contributed by atoms with E-state index in [9.17, 15) is 9.59 Å². The quantitative estimate of drug-likeness (QED) is 0.368. The summed E-state index contributed by atoms with van der Waals surface area (Å²) in [6.45, 7) is 2.39. The number of carbonyl (C=O) groups is 2. The van der Waals surface area contributed by atoms with Crippen LogP contribution in [0.1, 0.15) is 18.1 Å². The molecule has 0 radical (unpaired) electrons. The molecule has 2 unspecified atom stereocenters. The Bertz CT molecular complexity index is 154. The molecule has 0 aliphatic rings. The summed E-state index contributed by atoms with van der Waals surface area (Å²) < 4.78 is 0. The van der Waals surface area contributed by atoms with Crippen LogP contribution in [0.4, 0.5) is 0 Å². The predicted octanol–water partition coefficient (Wildman–Crippen LogP) is -4.14. The van der Waals surface area contributed by atoms with Crippen molar-refractivity contribution in [2.24, 2.45) is 0 Å². The molecule has 8 heteroatoms. The monoisotopic (exact) mass is 246 g/mol. The van der Waals surface area contributed by atoms with Gasteiger partial charge in [0, 0.05) is 0 Å². The fourth-order valence-electron chi connectivity index (χ4n) is 0. The first-order chi connectivity index (χ1) is 5.29. The Morgan fingerprint density at radius 1 is 1.00 bits per heavy atom. The fourth-order valence-corrected chi connectivity index (χ4v) is 0. The van der Waals surface area contributed by atoms with Crippen LogP contribution in [0.2, 0.25) is 0 Å². The molecule has 4 N–H and O–H groups in total. The topological polar surface area (TPSA) is 115 Å². The van der Waals surface area contributed by atoms with Gasteiger partial charge in [-0.25, -0.2) is 9.59 Å². The molecule has 0 spiro atoms. The average molecular weight is 246 g/mol. The molecule has 0 fully saturated rings. The van der Waals surface area contributed by atoms with E-state index in [0.29, 0.717) is 0 Å². The zero-order valence-electron chi connectivity index (χ0n) is 11.5. The summed E-state index contributed by atoms with van der Waals surface area (Å²) in [6, 6.07) is 0. The summed E-state index contributed by atoms with van der Waals surface area (Å²) in [5.74, 6) is -2.37. The number of hydrogen-bond donors (Lipinski definition) is 4. The van der Waals surface area contributed by atoms with Crippen molar-refractivity contribution < 1.29 is 63.9 Å². The van der Waals surface area contributed by atoms with Crippen LogP contribution in [-0.2, 0) is 9.59 Å². The third-order valence-electron chi connectivity index (χ3n) is 0.715. The van der Waals surface area contributed by atoms with Crippen LogP contribution in [-0.4, -0.2) is 82.3 Å².